The van der Waals surface area contributed by atoms with Crippen molar-refractivity contribution in [3.63, 3.8) is 0 Å². The van der Waals surface area contributed by atoms with Gasteiger partial charge in [-0.15, -0.1) is 0 Å². The molecule has 1 unspecified atom stereocenters. The minimum absolute atomic E-state index is 0.0370. The number of nitrogens with zero attached hydrogens (tertiary/aromatic N) is 1. The van der Waals surface area contributed by atoms with Crippen LogP contribution in [0.25, 0.3) is 10.8 Å². The van der Waals surface area contributed by atoms with Crippen LogP contribution in [0.15, 0.2) is 30.3 Å². The van der Waals surface area contributed by atoms with E-state index < -0.39 is 0 Å². The number of nitrogens with one attached hydrogen (secondary N) is 2. The molecule has 0 bridgehead atoms. The maximum Gasteiger partial charge on any atom is 0.270 e. The number of methoxy groups -OCH3 is 1. The molecule has 1 aromatic heterocycles. The molecule has 2 rings (SSSR count). The third-order valence-corrected chi connectivity index (χ3v) is 3.31. The van der Waals surface area contributed by atoms with E-state index in [4.69, 9.17) is 10.6 Å². The summed E-state index contributed by atoms with van der Waals surface area (Å²) in [5, 5.41) is 4.69. The van der Waals surface area contributed by atoms with Crippen molar-refractivity contribution in [3.05, 3.63) is 36.0 Å². The van der Waals surface area contributed by atoms with Gasteiger partial charge in [0, 0.05) is 12.5 Å². The monoisotopic (exact) mass is 288 g/mol. The molecule has 1 atom stereocenters. The number of nitrogens with two attached hydrogens (primary N) is 1. The lowest BCUT2D eigenvalue weighted by atomic mass is 10.1. The number of pyridine rings is 1. The van der Waals surface area contributed by atoms with Crippen molar-refractivity contribution < 1.29 is 9.53 Å². The molecule has 112 valence electrons. The summed E-state index contributed by atoms with van der Waals surface area (Å²) in [6.45, 7) is 2.46. The summed E-state index contributed by atoms with van der Waals surface area (Å²) < 4.78 is 5.08. The minimum Gasteiger partial charge on any atom is -0.383 e. The highest BCUT2D eigenvalue weighted by atomic mass is 16.5. The van der Waals surface area contributed by atoms with Gasteiger partial charge in [-0.25, -0.2) is 10.8 Å². The van der Waals surface area contributed by atoms with E-state index in [0.29, 0.717) is 18.1 Å². The molecule has 0 fully saturated rings. The zero-order chi connectivity index (χ0) is 15.2. The van der Waals surface area contributed by atoms with Gasteiger partial charge in [0.05, 0.1) is 12.6 Å². The largest absolute Gasteiger partial charge is 0.383 e. The Bertz CT molecular complexity index is 630. The van der Waals surface area contributed by atoms with E-state index in [-0.39, 0.29) is 11.9 Å². The second-order valence-electron chi connectivity index (χ2n) is 4.76. The summed E-state index contributed by atoms with van der Waals surface area (Å²) >= 11 is 0. The van der Waals surface area contributed by atoms with E-state index in [1.807, 2.05) is 31.2 Å². The van der Waals surface area contributed by atoms with Crippen molar-refractivity contribution in [2.45, 2.75) is 19.4 Å². The molecule has 1 amide bonds. The van der Waals surface area contributed by atoms with Gasteiger partial charge in [-0.05, 0) is 17.9 Å². The van der Waals surface area contributed by atoms with Gasteiger partial charge in [-0.1, -0.05) is 31.2 Å². The molecular formula is C15H20N4O2. The molecule has 6 heteroatoms. The number of carbonyl (C=O) groups is 1. The van der Waals surface area contributed by atoms with Crippen molar-refractivity contribution in [3.8, 4) is 0 Å². The summed E-state index contributed by atoms with van der Waals surface area (Å²) in [7, 11) is 1.61. The number of hydrogen-bond donors (Lipinski definition) is 3. The molecule has 0 radical (unpaired) electrons. The summed E-state index contributed by atoms with van der Waals surface area (Å²) in [6.07, 6.45) is 0.787. The number of aromatic nitrogens is 1. The Morgan fingerprint density at radius 1 is 1.43 bits per heavy atom. The third-order valence-electron chi connectivity index (χ3n) is 3.31. The standard InChI is InChI=1S/C15H20N4O2/c1-3-11(9-21-2)17-15(20)13-8-10-6-4-5-7-12(10)14(18-13)19-16/h4-8,11H,3,9,16H2,1-2H3,(H,17,20)(H,18,19). The molecule has 21 heavy (non-hydrogen) atoms. The Labute approximate surface area is 123 Å². The molecule has 0 aliphatic rings. The van der Waals surface area contributed by atoms with E-state index in [1.54, 1.807) is 13.2 Å². The van der Waals surface area contributed by atoms with Crippen LogP contribution >= 0.6 is 0 Å². The topological polar surface area (TPSA) is 89.3 Å². The Hall–Kier alpha value is -2.18. The lowest BCUT2D eigenvalue weighted by molar-refractivity contribution is 0.0890. The van der Waals surface area contributed by atoms with Crippen molar-refractivity contribution >= 4 is 22.5 Å². The van der Waals surface area contributed by atoms with Gasteiger partial charge in [0.15, 0.2) is 0 Å². The van der Waals surface area contributed by atoms with Crippen LogP contribution in [0.4, 0.5) is 5.82 Å². The van der Waals surface area contributed by atoms with Crippen molar-refractivity contribution in [2.75, 3.05) is 19.1 Å². The van der Waals surface area contributed by atoms with E-state index in [0.717, 1.165) is 17.2 Å². The zero-order valence-corrected chi connectivity index (χ0v) is 12.2. The first-order chi connectivity index (χ1) is 10.2. The molecule has 1 heterocycles. The lowest BCUT2D eigenvalue weighted by Gasteiger charge is -2.16. The second kappa shape index (κ2) is 7.01. The number of benzene rings is 1. The van der Waals surface area contributed by atoms with Crippen LogP contribution in [0.1, 0.15) is 23.8 Å². The number of amides is 1. The fourth-order valence-corrected chi connectivity index (χ4v) is 2.15. The molecular weight excluding hydrogens is 268 g/mol. The Morgan fingerprint density at radius 3 is 2.86 bits per heavy atom. The number of fused-ring (bicyclic) bond motifs is 1. The normalized spacial score (nSPS) is 12.1. The van der Waals surface area contributed by atoms with Crippen LogP contribution in [0.2, 0.25) is 0 Å². The average Bonchev–Trinajstić information content (AvgIpc) is 2.53. The number of rotatable bonds is 6. The number of nitrogen functional groups attached to an aromatic ring is 1. The van der Waals surface area contributed by atoms with Crippen LogP contribution in [0.5, 0.6) is 0 Å². The molecule has 2 aromatic rings. The zero-order valence-electron chi connectivity index (χ0n) is 12.2. The molecule has 0 aliphatic heterocycles. The quantitative estimate of drug-likeness (QED) is 0.556. The number of hydrogen-bond acceptors (Lipinski definition) is 5. The summed E-state index contributed by atoms with van der Waals surface area (Å²) in [5.41, 5.74) is 2.87. The number of anilines is 1. The second-order valence-corrected chi connectivity index (χ2v) is 4.76. The van der Waals surface area contributed by atoms with Gasteiger partial charge in [0.1, 0.15) is 11.5 Å². The average molecular weight is 288 g/mol. The Balaban J connectivity index is 2.31. The fourth-order valence-electron chi connectivity index (χ4n) is 2.15. The van der Waals surface area contributed by atoms with Gasteiger partial charge in [0.25, 0.3) is 5.91 Å². The summed E-state index contributed by atoms with van der Waals surface area (Å²) in [4.78, 5) is 16.6. The number of carbonyl (C=O) groups excluding carboxylic acids is 1. The van der Waals surface area contributed by atoms with Crippen molar-refractivity contribution in [2.24, 2.45) is 5.84 Å². The highest BCUT2D eigenvalue weighted by Gasteiger charge is 2.15. The first kappa shape index (κ1) is 15.2. The predicted octanol–water partition coefficient (Wildman–Crippen LogP) is 1.68. The van der Waals surface area contributed by atoms with E-state index in [9.17, 15) is 4.79 Å². The Morgan fingerprint density at radius 2 is 2.19 bits per heavy atom. The molecule has 1 aromatic carbocycles. The smallest absolute Gasteiger partial charge is 0.270 e. The van der Waals surface area contributed by atoms with Gasteiger partial charge in [0.2, 0.25) is 0 Å². The molecule has 0 saturated heterocycles. The summed E-state index contributed by atoms with van der Waals surface area (Å²) in [6, 6.07) is 9.34. The first-order valence-electron chi connectivity index (χ1n) is 6.85. The first-order valence-corrected chi connectivity index (χ1v) is 6.85. The molecule has 4 N–H and O–H groups in total. The maximum atomic E-state index is 12.3. The van der Waals surface area contributed by atoms with Crippen LogP contribution in [0, 0.1) is 0 Å². The van der Waals surface area contributed by atoms with Gasteiger partial charge >= 0.3 is 0 Å². The summed E-state index contributed by atoms with van der Waals surface area (Å²) in [5.74, 6) is 5.75. The van der Waals surface area contributed by atoms with Gasteiger partial charge in [-0.2, -0.15) is 0 Å². The van der Waals surface area contributed by atoms with Crippen LogP contribution in [-0.4, -0.2) is 30.6 Å². The number of hydrazine groups is 1. The molecule has 0 saturated carbocycles. The molecule has 0 aliphatic carbocycles. The van der Waals surface area contributed by atoms with E-state index in [1.165, 1.54) is 0 Å². The maximum absolute atomic E-state index is 12.3. The lowest BCUT2D eigenvalue weighted by Crippen LogP contribution is -2.38. The van der Waals surface area contributed by atoms with Gasteiger partial charge in [-0.3, -0.25) is 4.79 Å². The van der Waals surface area contributed by atoms with Gasteiger partial charge < -0.3 is 15.5 Å². The van der Waals surface area contributed by atoms with E-state index in [2.05, 4.69) is 15.7 Å². The SMILES string of the molecule is CCC(COC)NC(=O)c1cc2ccccc2c(NN)n1. The van der Waals surface area contributed by atoms with E-state index >= 15 is 0 Å². The predicted molar refractivity (Wildman–Crippen MR) is 83.0 cm³/mol. The molecule has 0 spiro atoms. The molecule has 6 nitrogen and oxygen atoms in total. The Kier molecular flexibility index (Phi) is 5.08. The van der Waals surface area contributed by atoms with Crippen molar-refractivity contribution in [1.82, 2.24) is 10.3 Å². The third kappa shape index (κ3) is 3.48. The number of ether oxygens (including phenoxy) is 1. The van der Waals surface area contributed by atoms with Crippen LogP contribution in [-0.2, 0) is 4.74 Å². The van der Waals surface area contributed by atoms with Crippen LogP contribution < -0.4 is 16.6 Å². The van der Waals surface area contributed by atoms with Crippen LogP contribution in [0.3, 0.4) is 0 Å². The highest BCUT2D eigenvalue weighted by molar-refractivity contribution is 6.00. The van der Waals surface area contributed by atoms with Crippen molar-refractivity contribution in [1.29, 1.82) is 0 Å². The minimum atomic E-state index is -0.235. The fraction of sp³-hybridized carbons (Fsp3) is 0.333. The highest BCUT2D eigenvalue weighted by Crippen LogP contribution is 2.21.